The van der Waals surface area contributed by atoms with Crippen molar-refractivity contribution in [1.82, 2.24) is 0 Å². The highest BCUT2D eigenvalue weighted by Gasteiger charge is 2.42. The summed E-state index contributed by atoms with van der Waals surface area (Å²) in [7, 11) is 1.64. The minimum absolute atomic E-state index is 0.0273. The van der Waals surface area contributed by atoms with Crippen LogP contribution in [-0.4, -0.2) is 38.4 Å². The quantitative estimate of drug-likeness (QED) is 0.684. The zero-order valence-electron chi connectivity index (χ0n) is 15.7. The number of carbonyl (C=O) groups excluding carboxylic acids is 1. The summed E-state index contributed by atoms with van der Waals surface area (Å²) in [6.45, 7) is 5.94. The Kier molecular flexibility index (Phi) is 7.72. The van der Waals surface area contributed by atoms with Gasteiger partial charge in [0.2, 0.25) is 0 Å². The van der Waals surface area contributed by atoms with Crippen molar-refractivity contribution in [1.29, 1.82) is 0 Å². The van der Waals surface area contributed by atoms with Crippen LogP contribution in [0.1, 0.15) is 46.0 Å². The van der Waals surface area contributed by atoms with Gasteiger partial charge in [0.05, 0.1) is 6.61 Å². The van der Waals surface area contributed by atoms with Crippen molar-refractivity contribution in [3.63, 3.8) is 0 Å². The summed E-state index contributed by atoms with van der Waals surface area (Å²) in [6.07, 6.45) is 4.69. The molecule has 1 saturated carbocycles. The molecule has 2 atom stereocenters. The molecule has 0 aliphatic heterocycles. The lowest BCUT2D eigenvalue weighted by atomic mass is 9.78. The van der Waals surface area contributed by atoms with Crippen molar-refractivity contribution in [2.75, 3.05) is 32.2 Å². The van der Waals surface area contributed by atoms with Gasteiger partial charge in [-0.05, 0) is 55.9 Å². The molecule has 0 bridgehead atoms. The molecule has 1 aliphatic rings. The smallest absolute Gasteiger partial charge is 0.256 e. The molecule has 5 heteroatoms. The first-order chi connectivity index (χ1) is 12.1. The Hall–Kier alpha value is -1.59. The Morgan fingerprint density at radius 1 is 1.24 bits per heavy atom. The minimum atomic E-state index is -0.693. The number of carbonyl (C=O) groups is 1. The molecule has 0 radical (unpaired) electrons. The third-order valence-electron chi connectivity index (χ3n) is 4.62. The Morgan fingerprint density at radius 2 is 2.00 bits per heavy atom. The lowest BCUT2D eigenvalue weighted by molar-refractivity contribution is -0.148. The van der Waals surface area contributed by atoms with Crippen molar-refractivity contribution >= 4 is 11.6 Å². The van der Waals surface area contributed by atoms with E-state index in [1.54, 1.807) is 7.11 Å². The first-order valence-electron chi connectivity index (χ1n) is 9.27. The van der Waals surface area contributed by atoms with Gasteiger partial charge in [-0.2, -0.15) is 0 Å². The molecular formula is C20H31NO4. The predicted molar refractivity (Wildman–Crippen MR) is 99.0 cm³/mol. The molecule has 0 unspecified atom stereocenters. The minimum Gasteiger partial charge on any atom is -0.491 e. The van der Waals surface area contributed by atoms with Gasteiger partial charge >= 0.3 is 0 Å². The Balaban J connectivity index is 1.99. The van der Waals surface area contributed by atoms with E-state index >= 15 is 0 Å². The van der Waals surface area contributed by atoms with Gasteiger partial charge in [-0.15, -0.1) is 0 Å². The first kappa shape index (κ1) is 19.7. The van der Waals surface area contributed by atoms with Gasteiger partial charge in [0.1, 0.15) is 18.0 Å². The normalized spacial score (nSPS) is 23.2. The van der Waals surface area contributed by atoms with E-state index in [4.69, 9.17) is 14.2 Å². The van der Waals surface area contributed by atoms with Gasteiger partial charge in [0, 0.05) is 19.4 Å². The molecule has 1 aromatic rings. The number of benzene rings is 1. The zero-order valence-corrected chi connectivity index (χ0v) is 15.7. The summed E-state index contributed by atoms with van der Waals surface area (Å²) in [6, 6.07) is 7.43. The van der Waals surface area contributed by atoms with Crippen LogP contribution in [0, 0.1) is 5.92 Å². The predicted octanol–water partition coefficient (Wildman–Crippen LogP) is 4.03. The van der Waals surface area contributed by atoms with E-state index in [2.05, 4.69) is 19.2 Å². The van der Waals surface area contributed by atoms with Crippen LogP contribution >= 0.6 is 0 Å². The van der Waals surface area contributed by atoms with Gasteiger partial charge in [-0.1, -0.05) is 20.3 Å². The van der Waals surface area contributed by atoms with E-state index in [1.807, 2.05) is 24.3 Å². The second kappa shape index (κ2) is 9.78. The SMILES string of the molecule is CCCO[C@@]1(C(=O)Nc2ccc(OCCOC)cc2)CCC[C@H](C)C1. The Labute approximate surface area is 151 Å². The molecule has 140 valence electrons. The number of hydrogen-bond acceptors (Lipinski definition) is 4. The van der Waals surface area contributed by atoms with Crippen LogP contribution in [0.15, 0.2) is 24.3 Å². The fraction of sp³-hybridized carbons (Fsp3) is 0.650. The number of hydrogen-bond donors (Lipinski definition) is 1. The molecule has 2 rings (SSSR count). The number of methoxy groups -OCH3 is 1. The molecule has 0 aromatic heterocycles. The third-order valence-corrected chi connectivity index (χ3v) is 4.62. The summed E-state index contributed by atoms with van der Waals surface area (Å²) in [5.74, 6) is 1.24. The fourth-order valence-electron chi connectivity index (χ4n) is 3.33. The molecule has 0 saturated heterocycles. The van der Waals surface area contributed by atoms with Crippen LogP contribution < -0.4 is 10.1 Å². The van der Waals surface area contributed by atoms with Crippen molar-refractivity contribution in [3.8, 4) is 5.75 Å². The van der Waals surface area contributed by atoms with Gasteiger partial charge in [0.25, 0.3) is 5.91 Å². The molecule has 1 aromatic carbocycles. The largest absolute Gasteiger partial charge is 0.491 e. The molecule has 0 heterocycles. The first-order valence-corrected chi connectivity index (χ1v) is 9.27. The molecule has 1 fully saturated rings. The molecule has 1 aliphatic carbocycles. The van der Waals surface area contributed by atoms with Gasteiger partial charge in [-0.25, -0.2) is 0 Å². The highest BCUT2D eigenvalue weighted by Crippen LogP contribution is 2.36. The standard InChI is InChI=1S/C20H31NO4/c1-4-12-25-20(11-5-6-16(2)15-20)19(22)21-17-7-9-18(10-8-17)24-14-13-23-3/h7-10,16H,4-6,11-15H2,1-3H3,(H,21,22)/t16-,20-/m0/s1. The monoisotopic (exact) mass is 349 g/mol. The van der Waals surface area contributed by atoms with Crippen LogP contribution in [0.25, 0.3) is 0 Å². The third kappa shape index (κ3) is 5.72. The number of amides is 1. The number of rotatable bonds is 9. The highest BCUT2D eigenvalue weighted by atomic mass is 16.5. The maximum Gasteiger partial charge on any atom is 0.256 e. The summed E-state index contributed by atoms with van der Waals surface area (Å²) in [4.78, 5) is 13.0. The van der Waals surface area contributed by atoms with E-state index in [1.165, 1.54) is 0 Å². The lowest BCUT2D eigenvalue weighted by Crippen LogP contribution is -2.48. The maximum absolute atomic E-state index is 13.0. The average Bonchev–Trinajstić information content (AvgIpc) is 2.61. The Bertz CT molecular complexity index is 531. The van der Waals surface area contributed by atoms with Gasteiger partial charge in [-0.3, -0.25) is 4.79 Å². The van der Waals surface area contributed by atoms with Crippen molar-refractivity contribution in [2.45, 2.75) is 51.6 Å². The molecule has 1 N–H and O–H groups in total. The molecule has 1 amide bonds. The van der Waals surface area contributed by atoms with Crippen LogP contribution in [0.2, 0.25) is 0 Å². The van der Waals surface area contributed by atoms with E-state index in [-0.39, 0.29) is 5.91 Å². The molecule has 0 spiro atoms. The summed E-state index contributed by atoms with van der Waals surface area (Å²) in [5, 5.41) is 3.03. The number of ether oxygens (including phenoxy) is 3. The maximum atomic E-state index is 13.0. The molecular weight excluding hydrogens is 318 g/mol. The van der Waals surface area contributed by atoms with E-state index < -0.39 is 5.60 Å². The van der Waals surface area contributed by atoms with Crippen molar-refractivity contribution in [2.24, 2.45) is 5.92 Å². The van der Waals surface area contributed by atoms with Crippen LogP contribution in [0.5, 0.6) is 5.75 Å². The van der Waals surface area contributed by atoms with Crippen molar-refractivity contribution in [3.05, 3.63) is 24.3 Å². The summed E-state index contributed by atoms with van der Waals surface area (Å²) >= 11 is 0. The zero-order chi connectivity index (χ0) is 18.1. The fourth-order valence-corrected chi connectivity index (χ4v) is 3.33. The average molecular weight is 349 g/mol. The second-order valence-electron chi connectivity index (χ2n) is 6.86. The van der Waals surface area contributed by atoms with E-state index in [0.717, 1.165) is 43.5 Å². The van der Waals surface area contributed by atoms with E-state index in [0.29, 0.717) is 25.7 Å². The molecule has 5 nitrogen and oxygen atoms in total. The summed E-state index contributed by atoms with van der Waals surface area (Å²) in [5.41, 5.74) is 0.0724. The topological polar surface area (TPSA) is 56.8 Å². The van der Waals surface area contributed by atoms with Gasteiger partial charge in [0.15, 0.2) is 0 Å². The van der Waals surface area contributed by atoms with Crippen molar-refractivity contribution < 1.29 is 19.0 Å². The van der Waals surface area contributed by atoms with Crippen LogP contribution in [0.4, 0.5) is 5.69 Å². The van der Waals surface area contributed by atoms with Crippen LogP contribution in [-0.2, 0) is 14.3 Å². The number of nitrogens with one attached hydrogen (secondary N) is 1. The highest BCUT2D eigenvalue weighted by molar-refractivity contribution is 5.97. The van der Waals surface area contributed by atoms with Gasteiger partial charge < -0.3 is 19.5 Å². The Morgan fingerprint density at radius 3 is 2.64 bits per heavy atom. The number of anilines is 1. The van der Waals surface area contributed by atoms with E-state index in [9.17, 15) is 4.79 Å². The lowest BCUT2D eigenvalue weighted by Gasteiger charge is -2.38. The summed E-state index contributed by atoms with van der Waals surface area (Å²) < 4.78 is 16.6. The van der Waals surface area contributed by atoms with Crippen LogP contribution in [0.3, 0.4) is 0 Å². The molecule has 25 heavy (non-hydrogen) atoms. The second-order valence-corrected chi connectivity index (χ2v) is 6.86.